The first kappa shape index (κ1) is 15.1. The van der Waals surface area contributed by atoms with Crippen LogP contribution in [0.2, 0.25) is 0 Å². The molecular weight excluding hydrogens is 268 g/mol. The Bertz CT molecular complexity index is 402. The minimum atomic E-state index is -0.418. The van der Waals surface area contributed by atoms with E-state index in [1.807, 2.05) is 25.7 Å². The third kappa shape index (κ3) is 2.90. The van der Waals surface area contributed by atoms with Crippen molar-refractivity contribution in [2.24, 2.45) is 10.8 Å². The van der Waals surface area contributed by atoms with Gasteiger partial charge in [0.1, 0.15) is 5.60 Å². The number of nitrogens with zero attached hydrogens (tertiary/aromatic N) is 2. The van der Waals surface area contributed by atoms with E-state index in [0.29, 0.717) is 17.4 Å². The van der Waals surface area contributed by atoms with Crippen molar-refractivity contribution in [3.63, 3.8) is 0 Å². The second kappa shape index (κ2) is 4.85. The van der Waals surface area contributed by atoms with Crippen LogP contribution in [-0.4, -0.2) is 65.9 Å². The molecule has 0 radical (unpaired) electrons. The molecule has 0 unspecified atom stereocenters. The number of hydrogen-bond acceptors (Lipinski definition) is 4. The second-order valence-corrected chi connectivity index (χ2v) is 8.43. The molecule has 3 aliphatic carbocycles. The van der Waals surface area contributed by atoms with E-state index in [9.17, 15) is 9.90 Å². The van der Waals surface area contributed by atoms with Crippen LogP contribution in [0.25, 0.3) is 0 Å². The fourth-order valence-corrected chi connectivity index (χ4v) is 4.46. The van der Waals surface area contributed by atoms with E-state index in [-0.39, 0.29) is 6.09 Å². The molecule has 0 aromatic rings. The maximum absolute atomic E-state index is 12.0. The van der Waals surface area contributed by atoms with E-state index in [1.54, 1.807) is 0 Å². The zero-order valence-electron chi connectivity index (χ0n) is 13.5. The zero-order chi connectivity index (χ0) is 15.3. The first-order chi connectivity index (χ1) is 9.75. The highest BCUT2D eigenvalue weighted by atomic mass is 16.6. The van der Waals surface area contributed by atoms with Crippen LogP contribution in [0.1, 0.15) is 40.0 Å². The number of carbonyl (C=O) groups is 1. The fraction of sp³-hybridized carbons (Fsp3) is 0.938. The van der Waals surface area contributed by atoms with Gasteiger partial charge in [0, 0.05) is 39.3 Å². The lowest BCUT2D eigenvalue weighted by Crippen LogP contribution is -2.67. The van der Waals surface area contributed by atoms with Crippen molar-refractivity contribution in [2.45, 2.75) is 45.6 Å². The summed E-state index contributed by atoms with van der Waals surface area (Å²) in [6.45, 7) is 10.6. The first-order valence-corrected chi connectivity index (χ1v) is 8.06. The van der Waals surface area contributed by atoms with Gasteiger partial charge in [0.2, 0.25) is 0 Å². The molecule has 1 saturated heterocycles. The monoisotopic (exact) mass is 296 g/mol. The summed E-state index contributed by atoms with van der Waals surface area (Å²) in [7, 11) is 0. The Morgan fingerprint density at radius 1 is 1.10 bits per heavy atom. The van der Waals surface area contributed by atoms with Crippen LogP contribution >= 0.6 is 0 Å². The summed E-state index contributed by atoms with van der Waals surface area (Å²) in [5.74, 6) is 0. The first-order valence-electron chi connectivity index (χ1n) is 8.06. The van der Waals surface area contributed by atoms with Crippen molar-refractivity contribution < 1.29 is 14.6 Å². The van der Waals surface area contributed by atoms with Gasteiger partial charge < -0.3 is 14.7 Å². The Kier molecular flexibility index (Phi) is 3.49. The van der Waals surface area contributed by atoms with Gasteiger partial charge in [0.05, 0.1) is 0 Å². The summed E-state index contributed by atoms with van der Waals surface area (Å²) in [6.07, 6.45) is 3.40. The maximum Gasteiger partial charge on any atom is 0.410 e. The molecule has 3 saturated carbocycles. The molecular formula is C16H28N2O3. The van der Waals surface area contributed by atoms with Gasteiger partial charge in [-0.3, -0.25) is 4.90 Å². The molecule has 1 heterocycles. The predicted molar refractivity (Wildman–Crippen MR) is 80.0 cm³/mol. The summed E-state index contributed by atoms with van der Waals surface area (Å²) >= 11 is 0. The quantitative estimate of drug-likeness (QED) is 0.861. The second-order valence-electron chi connectivity index (χ2n) is 8.43. The zero-order valence-corrected chi connectivity index (χ0v) is 13.5. The van der Waals surface area contributed by atoms with E-state index < -0.39 is 5.60 Å². The van der Waals surface area contributed by atoms with Gasteiger partial charge in [0.25, 0.3) is 0 Å². The molecule has 5 nitrogen and oxygen atoms in total. The molecule has 0 atom stereocenters. The smallest absolute Gasteiger partial charge is 0.410 e. The van der Waals surface area contributed by atoms with Crippen LogP contribution in [0.5, 0.6) is 0 Å². The molecule has 4 fully saturated rings. The van der Waals surface area contributed by atoms with Gasteiger partial charge in [-0.1, -0.05) is 0 Å². The number of piperazine rings is 1. The molecule has 0 spiro atoms. The Labute approximate surface area is 127 Å². The minimum Gasteiger partial charge on any atom is -0.444 e. The number of hydrogen-bond donors (Lipinski definition) is 1. The molecule has 21 heavy (non-hydrogen) atoms. The molecule has 4 aliphatic rings. The average molecular weight is 296 g/mol. The van der Waals surface area contributed by atoms with Gasteiger partial charge in [-0.15, -0.1) is 0 Å². The summed E-state index contributed by atoms with van der Waals surface area (Å²) in [5, 5.41) is 9.32. The lowest BCUT2D eigenvalue weighted by molar-refractivity contribution is -0.232. The van der Waals surface area contributed by atoms with E-state index in [1.165, 1.54) is 19.3 Å². The standard InChI is InChI=1S/C16H28N2O3/c1-14(2,3)21-13(20)18-6-4-17(5-7-18)11-15-8-16(9-15,10-15)12-19/h19H,4-12H2,1-3H3. The normalized spacial score (nSPS) is 35.9. The molecule has 0 aromatic heterocycles. The highest BCUT2D eigenvalue weighted by Gasteiger charge is 2.67. The molecule has 120 valence electrons. The third-order valence-corrected chi connectivity index (χ3v) is 5.17. The van der Waals surface area contributed by atoms with Gasteiger partial charge in [-0.05, 0) is 50.9 Å². The van der Waals surface area contributed by atoms with E-state index in [0.717, 1.165) is 32.7 Å². The van der Waals surface area contributed by atoms with Crippen LogP contribution in [0.4, 0.5) is 4.79 Å². The van der Waals surface area contributed by atoms with Crippen LogP contribution in [-0.2, 0) is 4.74 Å². The molecule has 1 N–H and O–H groups in total. The number of amides is 1. The number of carbonyl (C=O) groups excluding carboxylic acids is 1. The Morgan fingerprint density at radius 3 is 2.14 bits per heavy atom. The van der Waals surface area contributed by atoms with Gasteiger partial charge in [0.15, 0.2) is 0 Å². The molecule has 2 bridgehead atoms. The number of aliphatic hydroxyl groups excluding tert-OH is 1. The van der Waals surface area contributed by atoms with Crippen LogP contribution in [0, 0.1) is 10.8 Å². The SMILES string of the molecule is CC(C)(C)OC(=O)N1CCN(CC23CC(CO)(C2)C3)CC1. The van der Waals surface area contributed by atoms with E-state index in [2.05, 4.69) is 4.90 Å². The molecule has 1 aliphatic heterocycles. The lowest BCUT2D eigenvalue weighted by atomic mass is 9.35. The van der Waals surface area contributed by atoms with Gasteiger partial charge in [-0.2, -0.15) is 0 Å². The predicted octanol–water partition coefficient (Wildman–Crippen LogP) is 1.70. The molecule has 1 amide bonds. The maximum atomic E-state index is 12.0. The fourth-order valence-electron chi connectivity index (χ4n) is 4.46. The minimum absolute atomic E-state index is 0.188. The third-order valence-electron chi connectivity index (χ3n) is 5.17. The van der Waals surface area contributed by atoms with Crippen molar-refractivity contribution in [3.05, 3.63) is 0 Å². The van der Waals surface area contributed by atoms with Crippen molar-refractivity contribution in [1.29, 1.82) is 0 Å². The Morgan fingerprint density at radius 2 is 1.67 bits per heavy atom. The van der Waals surface area contributed by atoms with Gasteiger partial charge in [-0.25, -0.2) is 4.79 Å². The highest BCUT2D eigenvalue weighted by molar-refractivity contribution is 5.68. The number of rotatable bonds is 3. The highest BCUT2D eigenvalue weighted by Crippen LogP contribution is 2.73. The van der Waals surface area contributed by atoms with Crippen molar-refractivity contribution in [1.82, 2.24) is 9.80 Å². The van der Waals surface area contributed by atoms with Crippen molar-refractivity contribution in [2.75, 3.05) is 39.3 Å². The van der Waals surface area contributed by atoms with E-state index in [4.69, 9.17) is 4.74 Å². The molecule has 5 heteroatoms. The molecule has 0 aromatic carbocycles. The average Bonchev–Trinajstić information content (AvgIpc) is 2.30. The molecule has 4 rings (SSSR count). The Balaban J connectivity index is 1.41. The summed E-state index contributed by atoms with van der Waals surface area (Å²) in [4.78, 5) is 16.3. The van der Waals surface area contributed by atoms with Crippen molar-refractivity contribution in [3.8, 4) is 0 Å². The number of aliphatic hydroxyl groups is 1. The summed E-state index contributed by atoms with van der Waals surface area (Å²) in [5.41, 5.74) is 0.355. The Hall–Kier alpha value is -0.810. The van der Waals surface area contributed by atoms with Crippen LogP contribution in [0.3, 0.4) is 0 Å². The number of ether oxygens (including phenoxy) is 1. The summed E-state index contributed by atoms with van der Waals surface area (Å²) in [6, 6.07) is 0. The summed E-state index contributed by atoms with van der Waals surface area (Å²) < 4.78 is 5.42. The lowest BCUT2D eigenvalue weighted by Gasteiger charge is -2.71. The largest absolute Gasteiger partial charge is 0.444 e. The topological polar surface area (TPSA) is 53.0 Å². The van der Waals surface area contributed by atoms with E-state index >= 15 is 0 Å². The van der Waals surface area contributed by atoms with Crippen LogP contribution < -0.4 is 0 Å². The van der Waals surface area contributed by atoms with Crippen LogP contribution in [0.15, 0.2) is 0 Å². The van der Waals surface area contributed by atoms with Gasteiger partial charge >= 0.3 is 6.09 Å². The van der Waals surface area contributed by atoms with Crippen molar-refractivity contribution >= 4 is 6.09 Å².